The number of halogens is 1. The molecule has 7 nitrogen and oxygen atoms in total. The zero-order valence-electron chi connectivity index (χ0n) is 16.8. The van der Waals surface area contributed by atoms with Gasteiger partial charge in [-0.25, -0.2) is 13.1 Å². The highest BCUT2D eigenvalue weighted by Gasteiger charge is 2.42. The van der Waals surface area contributed by atoms with Crippen molar-refractivity contribution in [2.75, 3.05) is 13.1 Å². The van der Waals surface area contributed by atoms with Crippen LogP contribution in [-0.2, 0) is 22.9 Å². The molecule has 1 atom stereocenters. The van der Waals surface area contributed by atoms with Crippen LogP contribution in [0.25, 0.3) is 0 Å². The van der Waals surface area contributed by atoms with Crippen molar-refractivity contribution in [2.24, 2.45) is 5.41 Å². The third-order valence-electron chi connectivity index (χ3n) is 5.87. The minimum atomic E-state index is -3.80. The fourth-order valence-corrected chi connectivity index (χ4v) is 5.70. The number of fused-ring (bicyclic) bond motifs is 1. The van der Waals surface area contributed by atoms with Gasteiger partial charge >= 0.3 is 0 Å². The molecule has 2 aromatic rings. The average Bonchev–Trinajstić information content (AvgIpc) is 3.07. The summed E-state index contributed by atoms with van der Waals surface area (Å²) in [7, 11) is -3.80. The van der Waals surface area contributed by atoms with Crippen LogP contribution in [0, 0.1) is 23.7 Å². The fraction of sp³-hybridized carbons (Fsp3) is 0.429. The summed E-state index contributed by atoms with van der Waals surface area (Å²) < 4.78 is 28.6. The van der Waals surface area contributed by atoms with E-state index < -0.39 is 15.4 Å². The standard InChI is InChI=1S/C21H23ClN4O3S/c1-13-18(20(27)26-11-21(2,10-23)12-26)9-19(24-13)30(28,29)25-17-6-4-14-7-16(22)5-3-15(14)8-17/h3,5,7,9,17,24-25H,4,6,8,11-12H2,1-2H3/t17-/m1/s1. The Morgan fingerprint density at radius 3 is 2.77 bits per heavy atom. The van der Waals surface area contributed by atoms with E-state index in [1.165, 1.54) is 6.07 Å². The van der Waals surface area contributed by atoms with E-state index in [0.717, 1.165) is 17.5 Å². The molecule has 0 unspecified atom stereocenters. The summed E-state index contributed by atoms with van der Waals surface area (Å²) in [5.74, 6) is -0.263. The van der Waals surface area contributed by atoms with Crippen molar-refractivity contribution >= 4 is 27.5 Å². The summed E-state index contributed by atoms with van der Waals surface area (Å²) >= 11 is 6.04. The summed E-state index contributed by atoms with van der Waals surface area (Å²) in [6.45, 7) is 4.17. The van der Waals surface area contributed by atoms with Gasteiger partial charge in [0, 0.05) is 29.8 Å². The van der Waals surface area contributed by atoms with Crippen molar-refractivity contribution in [2.45, 2.75) is 44.2 Å². The predicted molar refractivity (Wildman–Crippen MR) is 113 cm³/mol. The molecule has 0 bridgehead atoms. The molecule has 4 rings (SSSR count). The minimum absolute atomic E-state index is 0.0196. The van der Waals surface area contributed by atoms with Gasteiger partial charge in [-0.3, -0.25) is 4.79 Å². The first-order valence-electron chi connectivity index (χ1n) is 9.80. The van der Waals surface area contributed by atoms with E-state index in [1.807, 2.05) is 18.2 Å². The first-order chi connectivity index (χ1) is 14.1. The number of hydrogen-bond acceptors (Lipinski definition) is 4. The number of aryl methyl sites for hydroxylation is 2. The third kappa shape index (κ3) is 3.85. The number of carbonyl (C=O) groups is 1. The molecule has 1 aromatic carbocycles. The Morgan fingerprint density at radius 1 is 1.33 bits per heavy atom. The number of rotatable bonds is 4. The van der Waals surface area contributed by atoms with E-state index in [4.69, 9.17) is 16.9 Å². The van der Waals surface area contributed by atoms with E-state index in [2.05, 4.69) is 15.8 Å². The van der Waals surface area contributed by atoms with E-state index >= 15 is 0 Å². The molecule has 0 saturated carbocycles. The number of amides is 1. The SMILES string of the molecule is Cc1[nH]c(S(=O)(=O)N[C@@H]2CCc3cc(Cl)ccc3C2)cc1C(=O)N1CC(C)(C#N)C1. The van der Waals surface area contributed by atoms with Gasteiger partial charge in [0.15, 0.2) is 0 Å². The minimum Gasteiger partial charge on any atom is -0.348 e. The Morgan fingerprint density at radius 2 is 2.07 bits per heavy atom. The number of hydrogen-bond donors (Lipinski definition) is 2. The van der Waals surface area contributed by atoms with Crippen molar-refractivity contribution in [3.63, 3.8) is 0 Å². The number of aromatic amines is 1. The number of nitrogens with zero attached hydrogens (tertiary/aromatic N) is 2. The maximum absolute atomic E-state index is 12.9. The van der Waals surface area contributed by atoms with Crippen molar-refractivity contribution in [3.05, 3.63) is 51.7 Å². The third-order valence-corrected chi connectivity index (χ3v) is 7.54. The van der Waals surface area contributed by atoms with Crippen LogP contribution in [0.4, 0.5) is 0 Å². The molecule has 1 aromatic heterocycles. The molecule has 30 heavy (non-hydrogen) atoms. The molecule has 1 aliphatic heterocycles. The van der Waals surface area contributed by atoms with E-state index in [9.17, 15) is 13.2 Å². The van der Waals surface area contributed by atoms with Crippen molar-refractivity contribution in [3.8, 4) is 6.07 Å². The second-order valence-corrected chi connectivity index (χ2v) is 10.6. The number of aromatic nitrogens is 1. The first kappa shape index (κ1) is 20.9. The molecule has 9 heteroatoms. The van der Waals surface area contributed by atoms with Crippen LogP contribution in [0.15, 0.2) is 29.3 Å². The molecule has 0 spiro atoms. The predicted octanol–water partition coefficient (Wildman–Crippen LogP) is 2.80. The Bertz CT molecular complexity index is 1160. The van der Waals surface area contributed by atoms with Gasteiger partial charge in [0.05, 0.1) is 17.0 Å². The quantitative estimate of drug-likeness (QED) is 0.753. The van der Waals surface area contributed by atoms with Gasteiger partial charge in [-0.2, -0.15) is 5.26 Å². The number of nitrogens with one attached hydrogen (secondary N) is 2. The normalized spacial score (nSPS) is 20.2. The van der Waals surface area contributed by atoms with E-state index in [-0.39, 0.29) is 17.0 Å². The first-order valence-corrected chi connectivity index (χ1v) is 11.7. The summed E-state index contributed by atoms with van der Waals surface area (Å²) in [4.78, 5) is 17.1. The van der Waals surface area contributed by atoms with Gasteiger partial charge in [-0.15, -0.1) is 0 Å². The maximum atomic E-state index is 12.9. The summed E-state index contributed by atoms with van der Waals surface area (Å²) in [5.41, 5.74) is 2.53. The van der Waals surface area contributed by atoms with Gasteiger partial charge in [0.25, 0.3) is 15.9 Å². The lowest BCUT2D eigenvalue weighted by atomic mass is 9.83. The summed E-state index contributed by atoms with van der Waals surface area (Å²) in [6, 6.07) is 9.05. The molecular formula is C21H23ClN4O3S. The van der Waals surface area contributed by atoms with Gasteiger partial charge in [-0.1, -0.05) is 17.7 Å². The van der Waals surface area contributed by atoms with E-state index in [1.54, 1.807) is 18.7 Å². The Balaban J connectivity index is 1.48. The zero-order chi connectivity index (χ0) is 21.7. The molecule has 2 aliphatic rings. The van der Waals surface area contributed by atoms with Gasteiger partial charge in [0.2, 0.25) is 0 Å². The smallest absolute Gasteiger partial charge is 0.256 e. The van der Waals surface area contributed by atoms with Crippen LogP contribution in [0.3, 0.4) is 0 Å². The molecule has 1 amide bonds. The molecule has 1 fully saturated rings. The molecule has 0 radical (unpaired) electrons. The van der Waals surface area contributed by atoms with Crippen LogP contribution in [0.5, 0.6) is 0 Å². The highest BCUT2D eigenvalue weighted by atomic mass is 35.5. The number of carbonyl (C=O) groups excluding carboxylic acids is 1. The van der Waals surface area contributed by atoms with E-state index in [0.29, 0.717) is 42.2 Å². The number of benzene rings is 1. The Labute approximate surface area is 181 Å². The van der Waals surface area contributed by atoms with Crippen LogP contribution in [0.1, 0.15) is 40.5 Å². The molecule has 2 heterocycles. The highest BCUT2D eigenvalue weighted by molar-refractivity contribution is 7.89. The lowest BCUT2D eigenvalue weighted by Gasteiger charge is -2.43. The average molecular weight is 447 g/mol. The largest absolute Gasteiger partial charge is 0.348 e. The maximum Gasteiger partial charge on any atom is 0.256 e. The Hall–Kier alpha value is -2.34. The number of nitriles is 1. The number of H-pyrrole nitrogens is 1. The van der Waals surface area contributed by atoms with Gasteiger partial charge in [0.1, 0.15) is 5.03 Å². The monoisotopic (exact) mass is 446 g/mol. The van der Waals surface area contributed by atoms with Gasteiger partial charge in [-0.05, 0) is 62.4 Å². The molecule has 1 aliphatic carbocycles. The van der Waals surface area contributed by atoms with Crippen LogP contribution < -0.4 is 4.72 Å². The highest BCUT2D eigenvalue weighted by Crippen LogP contribution is 2.31. The number of likely N-dealkylation sites (tertiary alicyclic amines) is 1. The second kappa shape index (κ2) is 7.41. The zero-order valence-corrected chi connectivity index (χ0v) is 18.4. The molecule has 158 valence electrons. The second-order valence-electron chi connectivity index (χ2n) is 8.48. The topological polar surface area (TPSA) is 106 Å². The molecule has 2 N–H and O–H groups in total. The Kier molecular flexibility index (Phi) is 5.17. The molecular weight excluding hydrogens is 424 g/mol. The molecule has 1 saturated heterocycles. The van der Waals surface area contributed by atoms with Crippen molar-refractivity contribution in [1.29, 1.82) is 5.26 Å². The summed E-state index contributed by atoms with van der Waals surface area (Å²) in [5, 5.41) is 9.79. The summed E-state index contributed by atoms with van der Waals surface area (Å²) in [6.07, 6.45) is 2.03. The van der Waals surface area contributed by atoms with Gasteiger partial charge < -0.3 is 9.88 Å². The fourth-order valence-electron chi connectivity index (χ4n) is 4.18. The lowest BCUT2D eigenvalue weighted by Crippen LogP contribution is -2.56. The van der Waals surface area contributed by atoms with Crippen LogP contribution in [-0.4, -0.2) is 43.3 Å². The van der Waals surface area contributed by atoms with Crippen molar-refractivity contribution in [1.82, 2.24) is 14.6 Å². The van der Waals surface area contributed by atoms with Crippen LogP contribution >= 0.6 is 11.6 Å². The van der Waals surface area contributed by atoms with Crippen molar-refractivity contribution < 1.29 is 13.2 Å². The number of sulfonamides is 1. The lowest BCUT2D eigenvalue weighted by molar-refractivity contribution is 0.0368. The van der Waals surface area contributed by atoms with Crippen LogP contribution in [0.2, 0.25) is 5.02 Å².